The van der Waals surface area contributed by atoms with E-state index in [0.717, 1.165) is 11.1 Å². The molecule has 0 radical (unpaired) electrons. The Morgan fingerprint density at radius 1 is 0.900 bits per heavy atom. The van der Waals surface area contributed by atoms with Crippen molar-refractivity contribution < 1.29 is 14.2 Å². The zero-order chi connectivity index (χ0) is 21.3. The van der Waals surface area contributed by atoms with Gasteiger partial charge in [-0.3, -0.25) is 4.90 Å². The largest absolute Gasteiger partial charge is 0.389 e. The van der Waals surface area contributed by atoms with E-state index in [4.69, 9.17) is 4.74 Å². The molecule has 0 amide bonds. The number of hydrogen-bond acceptors (Lipinski definition) is 3. The predicted molar refractivity (Wildman–Crippen MR) is 119 cm³/mol. The fraction of sp³-hybridized carbons (Fsp3) is 0.308. The third-order valence-corrected chi connectivity index (χ3v) is 5.10. The van der Waals surface area contributed by atoms with Crippen molar-refractivity contribution in [1.29, 1.82) is 0 Å². The summed E-state index contributed by atoms with van der Waals surface area (Å²) in [4.78, 5) is 2.18. The van der Waals surface area contributed by atoms with E-state index in [1.165, 1.54) is 28.8 Å². The van der Waals surface area contributed by atoms with Crippen LogP contribution in [0, 0.1) is 19.7 Å². The van der Waals surface area contributed by atoms with Gasteiger partial charge in [0.15, 0.2) is 0 Å². The molecule has 1 N–H and O–H groups in total. The summed E-state index contributed by atoms with van der Waals surface area (Å²) in [6, 6.07) is 22.9. The summed E-state index contributed by atoms with van der Waals surface area (Å²) in [6.45, 7) is 6.75. The second kappa shape index (κ2) is 11.0. The molecule has 4 heteroatoms. The molecule has 0 aliphatic heterocycles. The first-order chi connectivity index (χ1) is 14.5. The van der Waals surface area contributed by atoms with Gasteiger partial charge in [0.05, 0.1) is 19.3 Å². The molecule has 1 unspecified atom stereocenters. The molecule has 0 aliphatic carbocycles. The Morgan fingerprint density at radius 3 is 2.33 bits per heavy atom. The molecule has 0 saturated heterocycles. The van der Waals surface area contributed by atoms with E-state index < -0.39 is 6.10 Å². The summed E-state index contributed by atoms with van der Waals surface area (Å²) in [5, 5.41) is 10.6. The molecule has 3 aromatic rings. The van der Waals surface area contributed by atoms with E-state index in [-0.39, 0.29) is 12.4 Å². The van der Waals surface area contributed by atoms with Crippen LogP contribution >= 0.6 is 0 Å². The van der Waals surface area contributed by atoms with Crippen LogP contribution in [0.4, 0.5) is 4.39 Å². The van der Waals surface area contributed by atoms with Gasteiger partial charge < -0.3 is 9.84 Å². The monoisotopic (exact) mass is 407 g/mol. The Bertz CT molecular complexity index is 912. The highest BCUT2D eigenvalue weighted by Crippen LogP contribution is 2.16. The number of aryl methyl sites for hydroxylation is 2. The number of halogens is 1. The van der Waals surface area contributed by atoms with Gasteiger partial charge >= 0.3 is 0 Å². The average Bonchev–Trinajstić information content (AvgIpc) is 2.72. The number of rotatable bonds is 10. The molecule has 0 aliphatic rings. The van der Waals surface area contributed by atoms with Gasteiger partial charge in [0.2, 0.25) is 0 Å². The number of hydrogen-bond donors (Lipinski definition) is 1. The van der Waals surface area contributed by atoms with Crippen molar-refractivity contribution in [3.63, 3.8) is 0 Å². The molecule has 0 fully saturated rings. The fourth-order valence-corrected chi connectivity index (χ4v) is 3.53. The van der Waals surface area contributed by atoms with Crippen LogP contribution in [0.3, 0.4) is 0 Å². The van der Waals surface area contributed by atoms with Crippen molar-refractivity contribution in [2.45, 2.75) is 39.6 Å². The quantitative estimate of drug-likeness (QED) is 0.512. The summed E-state index contributed by atoms with van der Waals surface area (Å²) >= 11 is 0. The Morgan fingerprint density at radius 2 is 1.63 bits per heavy atom. The van der Waals surface area contributed by atoms with Gasteiger partial charge in [-0.1, -0.05) is 66.2 Å². The first-order valence-corrected chi connectivity index (χ1v) is 10.3. The van der Waals surface area contributed by atoms with E-state index in [1.54, 1.807) is 12.1 Å². The van der Waals surface area contributed by atoms with Crippen LogP contribution in [0.25, 0.3) is 0 Å². The number of benzene rings is 3. The maximum Gasteiger partial charge on any atom is 0.123 e. The highest BCUT2D eigenvalue weighted by Gasteiger charge is 2.15. The van der Waals surface area contributed by atoms with Crippen LogP contribution in [0.2, 0.25) is 0 Å². The maximum absolute atomic E-state index is 13.3. The van der Waals surface area contributed by atoms with Gasteiger partial charge in [0.1, 0.15) is 5.82 Å². The molecule has 3 nitrogen and oxygen atoms in total. The SMILES string of the molecule is Cc1ccc(CN(Cc2ccc(F)cc2)CC(O)COCc2ccccc2)c(C)c1. The number of ether oxygens (including phenoxy) is 1. The van der Waals surface area contributed by atoms with Gasteiger partial charge in [-0.2, -0.15) is 0 Å². The zero-order valence-corrected chi connectivity index (χ0v) is 17.7. The summed E-state index contributed by atoms with van der Waals surface area (Å²) in [5.74, 6) is -0.242. The van der Waals surface area contributed by atoms with Crippen LogP contribution in [-0.2, 0) is 24.4 Å². The second-order valence-corrected chi connectivity index (χ2v) is 7.88. The molecule has 0 heterocycles. The zero-order valence-electron chi connectivity index (χ0n) is 17.7. The molecule has 0 saturated carbocycles. The van der Waals surface area contributed by atoms with Crippen molar-refractivity contribution in [2.75, 3.05) is 13.2 Å². The number of aliphatic hydroxyl groups is 1. The smallest absolute Gasteiger partial charge is 0.123 e. The summed E-state index contributed by atoms with van der Waals surface area (Å²) in [7, 11) is 0. The van der Waals surface area contributed by atoms with Crippen LogP contribution < -0.4 is 0 Å². The van der Waals surface area contributed by atoms with E-state index >= 15 is 0 Å². The average molecular weight is 408 g/mol. The lowest BCUT2D eigenvalue weighted by atomic mass is 10.0. The maximum atomic E-state index is 13.3. The predicted octanol–water partition coefficient (Wildman–Crippen LogP) is 5.02. The lowest BCUT2D eigenvalue weighted by Gasteiger charge is -2.26. The summed E-state index contributed by atoms with van der Waals surface area (Å²) in [6.07, 6.45) is -0.611. The van der Waals surface area contributed by atoms with E-state index in [9.17, 15) is 9.50 Å². The fourth-order valence-electron chi connectivity index (χ4n) is 3.53. The molecule has 0 aromatic heterocycles. The van der Waals surface area contributed by atoms with Crippen molar-refractivity contribution in [3.8, 4) is 0 Å². The molecule has 30 heavy (non-hydrogen) atoms. The van der Waals surface area contributed by atoms with Crippen molar-refractivity contribution in [1.82, 2.24) is 4.90 Å². The minimum absolute atomic E-state index is 0.242. The third kappa shape index (κ3) is 7.06. The van der Waals surface area contributed by atoms with Crippen molar-refractivity contribution >= 4 is 0 Å². The van der Waals surface area contributed by atoms with Gasteiger partial charge in [-0.25, -0.2) is 4.39 Å². The Labute approximate surface area is 178 Å². The van der Waals surface area contributed by atoms with Crippen LogP contribution in [-0.4, -0.2) is 29.3 Å². The highest BCUT2D eigenvalue weighted by molar-refractivity contribution is 5.30. The van der Waals surface area contributed by atoms with Crippen molar-refractivity contribution in [2.24, 2.45) is 0 Å². The van der Waals surface area contributed by atoms with Crippen LogP contribution in [0.5, 0.6) is 0 Å². The number of nitrogens with zero attached hydrogens (tertiary/aromatic N) is 1. The topological polar surface area (TPSA) is 32.7 Å². The Balaban J connectivity index is 1.62. The Hall–Kier alpha value is -2.53. The molecule has 3 rings (SSSR count). The molecule has 0 bridgehead atoms. The van der Waals surface area contributed by atoms with E-state index in [1.807, 2.05) is 30.3 Å². The van der Waals surface area contributed by atoms with E-state index in [2.05, 4.69) is 36.9 Å². The molecule has 3 aromatic carbocycles. The van der Waals surface area contributed by atoms with Gasteiger partial charge in [-0.05, 0) is 48.2 Å². The van der Waals surface area contributed by atoms with Gasteiger partial charge in [0.25, 0.3) is 0 Å². The van der Waals surface area contributed by atoms with E-state index in [0.29, 0.717) is 26.2 Å². The third-order valence-electron chi connectivity index (χ3n) is 5.10. The minimum Gasteiger partial charge on any atom is -0.389 e. The highest BCUT2D eigenvalue weighted by atomic mass is 19.1. The number of aliphatic hydroxyl groups excluding tert-OH is 1. The normalized spacial score (nSPS) is 12.3. The molecule has 0 spiro atoms. The lowest BCUT2D eigenvalue weighted by molar-refractivity contribution is 0.00709. The Kier molecular flexibility index (Phi) is 8.14. The van der Waals surface area contributed by atoms with Crippen molar-refractivity contribution in [3.05, 3.63) is 106 Å². The molecular formula is C26H30FNO2. The first-order valence-electron chi connectivity index (χ1n) is 10.3. The minimum atomic E-state index is -0.611. The summed E-state index contributed by atoms with van der Waals surface area (Å²) in [5.41, 5.74) is 5.78. The standard InChI is InChI=1S/C26H30FNO2/c1-20-8-11-24(21(2)14-20)16-28(15-22-9-12-25(27)13-10-22)17-26(29)19-30-18-23-6-4-3-5-7-23/h3-14,26,29H,15-19H2,1-2H3. The van der Waals surface area contributed by atoms with Gasteiger partial charge in [-0.15, -0.1) is 0 Å². The molecule has 1 atom stereocenters. The molecular weight excluding hydrogens is 377 g/mol. The molecule has 158 valence electrons. The van der Waals surface area contributed by atoms with Crippen LogP contribution in [0.1, 0.15) is 27.8 Å². The van der Waals surface area contributed by atoms with Gasteiger partial charge in [0, 0.05) is 19.6 Å². The summed E-state index contributed by atoms with van der Waals surface area (Å²) < 4.78 is 19.0. The van der Waals surface area contributed by atoms with Crippen LogP contribution in [0.15, 0.2) is 72.8 Å². The first kappa shape index (κ1) is 22.2. The second-order valence-electron chi connectivity index (χ2n) is 7.88. The lowest BCUT2D eigenvalue weighted by Crippen LogP contribution is -2.34.